The molecule has 8 heteroatoms. The van der Waals surface area contributed by atoms with Crippen molar-refractivity contribution in [2.75, 3.05) is 11.4 Å². The third-order valence-electron chi connectivity index (χ3n) is 4.33. The molecule has 0 fully saturated rings. The van der Waals surface area contributed by atoms with Gasteiger partial charge in [-0.25, -0.2) is 4.85 Å². The van der Waals surface area contributed by atoms with Crippen LogP contribution in [-0.2, 0) is 18.1 Å². The van der Waals surface area contributed by atoms with Crippen LogP contribution in [0.3, 0.4) is 0 Å². The third-order valence-corrected chi connectivity index (χ3v) is 4.33. The molecular weight excluding hydrogens is 394 g/mol. The van der Waals surface area contributed by atoms with E-state index in [1.165, 1.54) is 0 Å². The summed E-state index contributed by atoms with van der Waals surface area (Å²) in [5.41, 5.74) is -0.763. The zero-order chi connectivity index (χ0) is 22.0. The number of hydrogen-bond donors (Lipinski definition) is 0. The van der Waals surface area contributed by atoms with E-state index in [1.807, 2.05) is 20.8 Å². The molecule has 0 atom stereocenters. The van der Waals surface area contributed by atoms with Crippen molar-refractivity contribution < 1.29 is 26.3 Å². The standard InChI is InChI=1S/C21H20F6N2/c1-19(2,3)15-7-5-14(6-8-15)12-29(13-20(22,23)24)16-9-10-18(28-4)17(11-16)21(25,26)27/h5-11H,12-13H2,1-3H3. The fourth-order valence-electron chi connectivity index (χ4n) is 2.83. The first-order valence-electron chi connectivity index (χ1n) is 8.70. The lowest BCUT2D eigenvalue weighted by molar-refractivity contribution is -0.136. The summed E-state index contributed by atoms with van der Waals surface area (Å²) in [4.78, 5) is 3.65. The second-order valence-corrected chi connectivity index (χ2v) is 7.73. The summed E-state index contributed by atoms with van der Waals surface area (Å²) < 4.78 is 78.9. The van der Waals surface area contributed by atoms with Crippen LogP contribution >= 0.6 is 0 Å². The maximum Gasteiger partial charge on any atom is 0.407 e. The third kappa shape index (κ3) is 6.14. The number of alkyl halides is 6. The topological polar surface area (TPSA) is 7.60 Å². The molecule has 0 heterocycles. The molecule has 2 nitrogen and oxygen atoms in total. The van der Waals surface area contributed by atoms with Gasteiger partial charge in [0, 0.05) is 12.2 Å². The predicted molar refractivity (Wildman–Crippen MR) is 100.0 cm³/mol. The number of benzene rings is 2. The van der Waals surface area contributed by atoms with E-state index < -0.39 is 30.1 Å². The highest BCUT2D eigenvalue weighted by Crippen LogP contribution is 2.39. The number of hydrogen-bond acceptors (Lipinski definition) is 1. The Bertz CT molecular complexity index is 884. The first kappa shape index (κ1) is 22.6. The van der Waals surface area contributed by atoms with Crippen LogP contribution in [0.5, 0.6) is 0 Å². The maximum absolute atomic E-state index is 13.2. The van der Waals surface area contributed by atoms with Gasteiger partial charge in [-0.15, -0.1) is 0 Å². The van der Waals surface area contributed by atoms with Gasteiger partial charge < -0.3 is 4.90 Å². The first-order chi connectivity index (χ1) is 13.2. The Morgan fingerprint density at radius 3 is 1.93 bits per heavy atom. The lowest BCUT2D eigenvalue weighted by Crippen LogP contribution is -2.34. The van der Waals surface area contributed by atoms with Gasteiger partial charge in [0.2, 0.25) is 0 Å². The van der Waals surface area contributed by atoms with E-state index in [4.69, 9.17) is 6.57 Å². The van der Waals surface area contributed by atoms with Gasteiger partial charge in [-0.3, -0.25) is 0 Å². The second-order valence-electron chi connectivity index (χ2n) is 7.73. The van der Waals surface area contributed by atoms with Crippen LogP contribution in [0.15, 0.2) is 42.5 Å². The fourth-order valence-corrected chi connectivity index (χ4v) is 2.83. The Morgan fingerprint density at radius 1 is 0.897 bits per heavy atom. The molecule has 0 aromatic heterocycles. The van der Waals surface area contributed by atoms with Crippen molar-refractivity contribution in [3.05, 3.63) is 70.6 Å². The molecule has 2 rings (SSSR count). The number of rotatable bonds is 4. The number of anilines is 1. The minimum absolute atomic E-state index is 0.138. The molecule has 0 aliphatic heterocycles. The van der Waals surface area contributed by atoms with Gasteiger partial charge in [0.05, 0.1) is 12.1 Å². The van der Waals surface area contributed by atoms with Crippen LogP contribution < -0.4 is 4.90 Å². The van der Waals surface area contributed by atoms with Gasteiger partial charge in [-0.2, -0.15) is 26.3 Å². The largest absolute Gasteiger partial charge is 0.407 e. The molecule has 0 aliphatic carbocycles. The minimum Gasteiger partial charge on any atom is -0.358 e. The van der Waals surface area contributed by atoms with E-state index in [0.717, 1.165) is 22.6 Å². The summed E-state index contributed by atoms with van der Waals surface area (Å²) in [5.74, 6) is 0. The predicted octanol–water partition coefficient (Wildman–Crippen LogP) is 7.12. The summed E-state index contributed by atoms with van der Waals surface area (Å²) in [6, 6.07) is 9.54. The van der Waals surface area contributed by atoms with Crippen molar-refractivity contribution in [2.24, 2.45) is 0 Å². The van der Waals surface area contributed by atoms with Crippen LogP contribution in [0.2, 0.25) is 0 Å². The van der Waals surface area contributed by atoms with Gasteiger partial charge in [-0.1, -0.05) is 51.1 Å². The molecule has 0 aliphatic rings. The molecule has 29 heavy (non-hydrogen) atoms. The van der Waals surface area contributed by atoms with Crippen LogP contribution in [0.1, 0.15) is 37.5 Å². The highest BCUT2D eigenvalue weighted by molar-refractivity contribution is 5.62. The summed E-state index contributed by atoms with van der Waals surface area (Å²) in [6.07, 6.45) is -9.45. The second kappa shape index (κ2) is 7.97. The first-order valence-corrected chi connectivity index (χ1v) is 8.70. The molecule has 0 N–H and O–H groups in total. The molecule has 0 unspecified atom stereocenters. The van der Waals surface area contributed by atoms with Gasteiger partial charge in [0.15, 0.2) is 5.69 Å². The normalized spacial score (nSPS) is 12.6. The zero-order valence-electron chi connectivity index (χ0n) is 16.1. The quantitative estimate of drug-likeness (QED) is 0.382. The van der Waals surface area contributed by atoms with E-state index >= 15 is 0 Å². The molecule has 2 aromatic carbocycles. The summed E-state index contributed by atoms with van der Waals surface area (Å²) in [6.45, 7) is 11.2. The SMILES string of the molecule is [C-]#[N+]c1ccc(N(Cc2ccc(C(C)(C)C)cc2)CC(F)(F)F)cc1C(F)(F)F. The van der Waals surface area contributed by atoms with Crippen molar-refractivity contribution in [3.63, 3.8) is 0 Å². The van der Waals surface area contributed by atoms with Crippen molar-refractivity contribution in [1.29, 1.82) is 0 Å². The molecule has 0 saturated heterocycles. The number of nitrogens with zero attached hydrogens (tertiary/aromatic N) is 2. The van der Waals surface area contributed by atoms with Crippen molar-refractivity contribution >= 4 is 11.4 Å². The van der Waals surface area contributed by atoms with Crippen molar-refractivity contribution in [3.8, 4) is 0 Å². The molecule has 0 bridgehead atoms. The van der Waals surface area contributed by atoms with Gasteiger partial charge in [0.25, 0.3) is 0 Å². The zero-order valence-corrected chi connectivity index (χ0v) is 16.1. The van der Waals surface area contributed by atoms with E-state index in [-0.39, 0.29) is 17.6 Å². The lowest BCUT2D eigenvalue weighted by atomic mass is 9.87. The Morgan fingerprint density at radius 2 is 1.48 bits per heavy atom. The van der Waals surface area contributed by atoms with Crippen molar-refractivity contribution in [1.82, 2.24) is 0 Å². The van der Waals surface area contributed by atoms with Gasteiger partial charge in [-0.05, 0) is 28.7 Å². The Hall–Kier alpha value is -2.69. The molecule has 156 valence electrons. The molecule has 0 amide bonds. The summed E-state index contributed by atoms with van der Waals surface area (Å²) in [5, 5.41) is 0. The number of halogens is 6. The Labute approximate surface area is 165 Å². The van der Waals surface area contributed by atoms with Crippen LogP contribution in [0, 0.1) is 6.57 Å². The van der Waals surface area contributed by atoms with E-state index in [0.29, 0.717) is 11.6 Å². The monoisotopic (exact) mass is 414 g/mol. The summed E-state index contributed by atoms with van der Waals surface area (Å²) in [7, 11) is 0. The Balaban J connectivity index is 2.43. The molecule has 0 radical (unpaired) electrons. The maximum atomic E-state index is 13.2. The molecular formula is C21H20F6N2. The smallest absolute Gasteiger partial charge is 0.358 e. The average molecular weight is 414 g/mol. The molecule has 0 spiro atoms. The highest BCUT2D eigenvalue weighted by Gasteiger charge is 2.35. The van der Waals surface area contributed by atoms with E-state index in [2.05, 4.69) is 4.85 Å². The lowest BCUT2D eigenvalue weighted by Gasteiger charge is -2.27. The van der Waals surface area contributed by atoms with Crippen molar-refractivity contribution in [2.45, 2.75) is 45.1 Å². The van der Waals surface area contributed by atoms with Gasteiger partial charge >= 0.3 is 12.4 Å². The minimum atomic E-state index is -4.84. The highest BCUT2D eigenvalue weighted by atomic mass is 19.4. The van der Waals surface area contributed by atoms with Gasteiger partial charge in [0.1, 0.15) is 6.54 Å². The Kier molecular flexibility index (Phi) is 6.21. The van der Waals surface area contributed by atoms with Crippen LogP contribution in [0.4, 0.5) is 37.7 Å². The molecule has 2 aromatic rings. The van der Waals surface area contributed by atoms with E-state index in [9.17, 15) is 26.3 Å². The summed E-state index contributed by atoms with van der Waals surface area (Å²) >= 11 is 0. The fraction of sp³-hybridized carbons (Fsp3) is 0.381. The molecule has 0 saturated carbocycles. The van der Waals surface area contributed by atoms with E-state index in [1.54, 1.807) is 24.3 Å². The average Bonchev–Trinajstić information content (AvgIpc) is 2.58. The van der Waals surface area contributed by atoms with Crippen LogP contribution in [-0.4, -0.2) is 12.7 Å². The van der Waals surface area contributed by atoms with Crippen LogP contribution in [0.25, 0.3) is 4.85 Å².